The third kappa shape index (κ3) is 6.11. The summed E-state index contributed by atoms with van der Waals surface area (Å²) in [5.41, 5.74) is 0.725. The molecule has 2 rings (SSSR count). The molecule has 1 N–H and O–H groups in total. The first-order valence-corrected chi connectivity index (χ1v) is 7.90. The summed E-state index contributed by atoms with van der Waals surface area (Å²) in [5, 5.41) is 3.36. The molecule has 0 bridgehead atoms. The van der Waals surface area contributed by atoms with Crippen LogP contribution in [0.2, 0.25) is 0 Å². The van der Waals surface area contributed by atoms with E-state index >= 15 is 0 Å². The number of hydrogen-bond donors (Lipinski definition) is 1. The molecule has 1 atom stereocenters. The Bertz CT molecular complexity index is 454. The van der Waals surface area contributed by atoms with Crippen molar-refractivity contribution < 1.29 is 9.13 Å². The van der Waals surface area contributed by atoms with Crippen LogP contribution in [-0.2, 0) is 0 Å². The Balaban J connectivity index is 0.00000242. The molecule has 1 aromatic rings. The molecule has 1 heterocycles. The highest BCUT2D eigenvalue weighted by molar-refractivity contribution is 5.85. The van der Waals surface area contributed by atoms with Gasteiger partial charge in [0.25, 0.3) is 0 Å². The zero-order valence-corrected chi connectivity index (χ0v) is 15.8. The van der Waals surface area contributed by atoms with Gasteiger partial charge in [-0.05, 0) is 30.9 Å². The van der Waals surface area contributed by atoms with E-state index in [9.17, 15) is 4.39 Å². The number of rotatable bonds is 6. The maximum atomic E-state index is 14.4. The van der Waals surface area contributed by atoms with Crippen LogP contribution in [0.4, 0.5) is 4.39 Å². The fourth-order valence-electron chi connectivity index (χ4n) is 3.01. The SMILES string of the molecule is COc1cccc(F)c1[C@@H](CCC(C)C)N1CCNCC1.Cl.Cl. The van der Waals surface area contributed by atoms with Crippen molar-refractivity contribution >= 4 is 24.8 Å². The number of nitrogens with zero attached hydrogens (tertiary/aromatic N) is 1. The number of hydrogen-bond acceptors (Lipinski definition) is 3. The van der Waals surface area contributed by atoms with Crippen LogP contribution >= 0.6 is 24.8 Å². The van der Waals surface area contributed by atoms with Crippen LogP contribution in [0.3, 0.4) is 0 Å². The second-order valence-corrected chi connectivity index (χ2v) is 6.13. The summed E-state index contributed by atoms with van der Waals surface area (Å²) in [4.78, 5) is 2.39. The first-order valence-electron chi connectivity index (χ1n) is 7.90. The van der Waals surface area contributed by atoms with Crippen LogP contribution in [0.5, 0.6) is 5.75 Å². The molecule has 1 fully saturated rings. The van der Waals surface area contributed by atoms with Crippen LogP contribution in [-0.4, -0.2) is 38.2 Å². The van der Waals surface area contributed by atoms with Gasteiger partial charge in [0.15, 0.2) is 0 Å². The Labute approximate surface area is 151 Å². The Morgan fingerprint density at radius 2 is 1.83 bits per heavy atom. The molecule has 1 aliphatic rings. The molecule has 0 aliphatic carbocycles. The maximum Gasteiger partial charge on any atom is 0.131 e. The molecule has 134 valence electrons. The Hall–Kier alpha value is -0.550. The van der Waals surface area contributed by atoms with Gasteiger partial charge in [-0.2, -0.15) is 0 Å². The van der Waals surface area contributed by atoms with Gasteiger partial charge < -0.3 is 10.1 Å². The number of methoxy groups -OCH3 is 1. The van der Waals surface area contributed by atoms with E-state index in [2.05, 4.69) is 24.1 Å². The van der Waals surface area contributed by atoms with Gasteiger partial charge >= 0.3 is 0 Å². The van der Waals surface area contributed by atoms with Crippen LogP contribution in [0, 0.1) is 11.7 Å². The summed E-state index contributed by atoms with van der Waals surface area (Å²) < 4.78 is 19.9. The first-order chi connectivity index (χ1) is 10.1. The van der Waals surface area contributed by atoms with Crippen molar-refractivity contribution in [3.63, 3.8) is 0 Å². The molecule has 6 heteroatoms. The van der Waals surface area contributed by atoms with E-state index in [0.717, 1.165) is 44.6 Å². The highest BCUT2D eigenvalue weighted by Gasteiger charge is 2.27. The number of nitrogens with one attached hydrogen (secondary N) is 1. The number of benzene rings is 1. The van der Waals surface area contributed by atoms with Gasteiger partial charge in [-0.25, -0.2) is 4.39 Å². The van der Waals surface area contributed by atoms with Gasteiger partial charge in [-0.1, -0.05) is 19.9 Å². The quantitative estimate of drug-likeness (QED) is 0.821. The summed E-state index contributed by atoms with van der Waals surface area (Å²) in [6.45, 7) is 8.28. The summed E-state index contributed by atoms with van der Waals surface area (Å²) in [5.74, 6) is 1.14. The molecule has 1 aliphatic heterocycles. The highest BCUT2D eigenvalue weighted by atomic mass is 35.5. The van der Waals surface area contributed by atoms with Crippen molar-refractivity contribution in [3.05, 3.63) is 29.6 Å². The number of ether oxygens (including phenoxy) is 1. The highest BCUT2D eigenvalue weighted by Crippen LogP contribution is 2.35. The van der Waals surface area contributed by atoms with Crippen LogP contribution in [0.1, 0.15) is 38.3 Å². The molecule has 0 spiro atoms. The van der Waals surface area contributed by atoms with Crippen molar-refractivity contribution in [3.8, 4) is 5.75 Å². The lowest BCUT2D eigenvalue weighted by molar-refractivity contribution is 0.154. The topological polar surface area (TPSA) is 24.5 Å². The van der Waals surface area contributed by atoms with Crippen LogP contribution in [0.25, 0.3) is 0 Å². The van der Waals surface area contributed by atoms with E-state index in [-0.39, 0.29) is 36.7 Å². The smallest absolute Gasteiger partial charge is 0.131 e. The molecule has 0 aromatic heterocycles. The average Bonchev–Trinajstić information content (AvgIpc) is 2.49. The molecule has 0 amide bonds. The Morgan fingerprint density at radius 1 is 1.17 bits per heavy atom. The van der Waals surface area contributed by atoms with Gasteiger partial charge in [0.2, 0.25) is 0 Å². The summed E-state index contributed by atoms with van der Waals surface area (Å²) in [6, 6.07) is 5.23. The largest absolute Gasteiger partial charge is 0.496 e. The van der Waals surface area contributed by atoms with E-state index < -0.39 is 0 Å². The van der Waals surface area contributed by atoms with Crippen molar-refractivity contribution in [2.75, 3.05) is 33.3 Å². The third-order valence-electron chi connectivity index (χ3n) is 4.18. The van der Waals surface area contributed by atoms with Gasteiger partial charge in [0, 0.05) is 37.8 Å². The number of halogens is 3. The lowest BCUT2D eigenvalue weighted by Gasteiger charge is -2.36. The fourth-order valence-corrected chi connectivity index (χ4v) is 3.01. The molecule has 0 unspecified atom stereocenters. The molecule has 0 saturated carbocycles. The lowest BCUT2D eigenvalue weighted by atomic mass is 9.94. The van der Waals surface area contributed by atoms with Gasteiger partial charge in [0.1, 0.15) is 11.6 Å². The van der Waals surface area contributed by atoms with E-state index in [1.807, 2.05) is 6.07 Å². The minimum Gasteiger partial charge on any atom is -0.496 e. The average molecular weight is 367 g/mol. The Morgan fingerprint density at radius 3 is 2.39 bits per heavy atom. The minimum absolute atomic E-state index is 0. The normalized spacial score (nSPS) is 16.4. The van der Waals surface area contributed by atoms with Gasteiger partial charge in [0.05, 0.1) is 7.11 Å². The Kier molecular flexibility index (Phi) is 10.8. The van der Waals surface area contributed by atoms with Gasteiger partial charge in [-0.15, -0.1) is 24.8 Å². The first kappa shape index (κ1) is 22.4. The molecule has 1 saturated heterocycles. The second-order valence-electron chi connectivity index (χ2n) is 6.13. The van der Waals surface area contributed by atoms with Gasteiger partial charge in [-0.3, -0.25) is 4.90 Å². The third-order valence-corrected chi connectivity index (χ3v) is 4.18. The van der Waals surface area contributed by atoms with Crippen molar-refractivity contribution in [1.29, 1.82) is 0 Å². The standard InChI is InChI=1S/C17H27FN2O.2ClH/c1-13(2)7-8-15(20-11-9-19-10-12-20)17-14(18)5-4-6-16(17)21-3;;/h4-6,13,15,19H,7-12H2,1-3H3;2*1H/t15-;;/m1../s1. The lowest BCUT2D eigenvalue weighted by Crippen LogP contribution is -2.45. The van der Waals surface area contributed by atoms with Crippen molar-refractivity contribution in [2.24, 2.45) is 5.92 Å². The minimum atomic E-state index is -0.151. The maximum absolute atomic E-state index is 14.4. The summed E-state index contributed by atoms with van der Waals surface area (Å²) >= 11 is 0. The van der Waals surface area contributed by atoms with E-state index in [4.69, 9.17) is 4.74 Å². The predicted octanol–water partition coefficient (Wildman–Crippen LogP) is 4.06. The van der Waals surface area contributed by atoms with Crippen molar-refractivity contribution in [1.82, 2.24) is 10.2 Å². The molecule has 0 radical (unpaired) electrons. The van der Waals surface area contributed by atoms with Crippen molar-refractivity contribution in [2.45, 2.75) is 32.7 Å². The summed E-state index contributed by atoms with van der Waals surface area (Å²) in [6.07, 6.45) is 2.06. The molecule has 23 heavy (non-hydrogen) atoms. The molecular formula is C17H29Cl2FN2O. The molecule has 1 aromatic carbocycles. The number of piperazine rings is 1. The molecular weight excluding hydrogens is 338 g/mol. The zero-order chi connectivity index (χ0) is 15.2. The molecule has 3 nitrogen and oxygen atoms in total. The second kappa shape index (κ2) is 11.1. The van der Waals surface area contributed by atoms with E-state index in [1.54, 1.807) is 19.2 Å². The zero-order valence-electron chi connectivity index (χ0n) is 14.2. The summed E-state index contributed by atoms with van der Waals surface area (Å²) in [7, 11) is 1.62. The van der Waals surface area contributed by atoms with E-state index in [0.29, 0.717) is 11.7 Å². The fraction of sp³-hybridized carbons (Fsp3) is 0.647. The predicted molar refractivity (Wildman–Crippen MR) is 98.7 cm³/mol. The monoisotopic (exact) mass is 366 g/mol. The van der Waals surface area contributed by atoms with Crippen LogP contribution in [0.15, 0.2) is 18.2 Å². The van der Waals surface area contributed by atoms with E-state index in [1.165, 1.54) is 0 Å². The van der Waals surface area contributed by atoms with Crippen LogP contribution < -0.4 is 10.1 Å².